The van der Waals surface area contributed by atoms with Crippen LogP contribution >= 0.6 is 0 Å². The Labute approximate surface area is 177 Å². The Morgan fingerprint density at radius 1 is 0.464 bits per heavy atom. The van der Waals surface area contributed by atoms with E-state index in [0.717, 1.165) is 6.42 Å². The van der Waals surface area contributed by atoms with Crippen molar-refractivity contribution in [2.24, 2.45) is 0 Å². The number of carbonyl (C=O) groups excluding carboxylic acids is 1. The Hall–Kier alpha value is -0.530. The predicted octanol–water partition coefficient (Wildman–Crippen LogP) is 9.15. The molecule has 0 bridgehead atoms. The van der Waals surface area contributed by atoms with Gasteiger partial charge in [-0.05, 0) is 13.3 Å². The normalized spacial score (nSPS) is 11.1. The van der Waals surface area contributed by atoms with Crippen LogP contribution in [0.1, 0.15) is 155 Å². The molecule has 0 aromatic carbocycles. The number of hydrogen-bond acceptors (Lipinski definition) is 2. The molecule has 0 spiro atoms. The summed E-state index contributed by atoms with van der Waals surface area (Å²) in [5.41, 5.74) is 0. The number of ether oxygens (including phenoxy) is 1. The molecule has 0 amide bonds. The van der Waals surface area contributed by atoms with Crippen molar-refractivity contribution < 1.29 is 9.53 Å². The van der Waals surface area contributed by atoms with Crippen LogP contribution in [0.4, 0.5) is 0 Å². The van der Waals surface area contributed by atoms with Gasteiger partial charge in [0.1, 0.15) is 0 Å². The Kier molecular flexibility index (Phi) is 24.0. The molecule has 0 unspecified atom stereocenters. The summed E-state index contributed by atoms with van der Waals surface area (Å²) >= 11 is 0. The molecule has 0 aliphatic rings. The molecule has 0 saturated heterocycles. The van der Waals surface area contributed by atoms with Crippen molar-refractivity contribution in [3.8, 4) is 0 Å². The zero-order valence-electron chi connectivity index (χ0n) is 19.6. The zero-order chi connectivity index (χ0) is 20.5. The highest BCUT2D eigenvalue weighted by atomic mass is 16.5. The van der Waals surface area contributed by atoms with Crippen LogP contribution < -0.4 is 0 Å². The molecule has 0 N–H and O–H groups in total. The first-order chi connectivity index (χ1) is 13.8. The maximum atomic E-state index is 11.2. The van der Waals surface area contributed by atoms with E-state index in [9.17, 15) is 4.79 Å². The van der Waals surface area contributed by atoms with Crippen LogP contribution in [0, 0.1) is 0 Å². The van der Waals surface area contributed by atoms with Crippen molar-refractivity contribution in [3.05, 3.63) is 0 Å². The lowest BCUT2D eigenvalue weighted by Gasteiger charge is -2.04. The van der Waals surface area contributed by atoms with E-state index in [0.29, 0.717) is 13.0 Å². The van der Waals surface area contributed by atoms with Gasteiger partial charge in [-0.3, -0.25) is 4.79 Å². The second-order valence-corrected chi connectivity index (χ2v) is 8.63. The SMILES string of the molecule is CCCCCCCCCCCCCCCCCCCCCCCC(=O)OCC. The lowest BCUT2D eigenvalue weighted by molar-refractivity contribution is -0.143. The van der Waals surface area contributed by atoms with Gasteiger partial charge in [-0.15, -0.1) is 0 Å². The number of carbonyl (C=O) groups is 1. The minimum absolute atomic E-state index is 0.0275. The molecule has 0 heterocycles. The molecule has 0 rings (SSSR count). The van der Waals surface area contributed by atoms with Gasteiger partial charge in [0, 0.05) is 6.42 Å². The van der Waals surface area contributed by atoms with Crippen LogP contribution in [-0.2, 0) is 9.53 Å². The highest BCUT2D eigenvalue weighted by molar-refractivity contribution is 5.69. The van der Waals surface area contributed by atoms with E-state index in [-0.39, 0.29) is 5.97 Å². The van der Waals surface area contributed by atoms with E-state index >= 15 is 0 Å². The minimum atomic E-state index is -0.0275. The number of hydrogen-bond donors (Lipinski definition) is 0. The lowest BCUT2D eigenvalue weighted by atomic mass is 10.0. The van der Waals surface area contributed by atoms with E-state index in [1.54, 1.807) is 0 Å². The molecule has 168 valence electrons. The smallest absolute Gasteiger partial charge is 0.305 e. The van der Waals surface area contributed by atoms with Crippen LogP contribution in [0.25, 0.3) is 0 Å². The first kappa shape index (κ1) is 27.5. The van der Waals surface area contributed by atoms with Gasteiger partial charge in [0.05, 0.1) is 6.61 Å². The fourth-order valence-electron chi connectivity index (χ4n) is 3.93. The zero-order valence-corrected chi connectivity index (χ0v) is 19.6. The van der Waals surface area contributed by atoms with Crippen LogP contribution in [0.2, 0.25) is 0 Å². The van der Waals surface area contributed by atoms with Crippen molar-refractivity contribution in [1.29, 1.82) is 0 Å². The first-order valence-corrected chi connectivity index (χ1v) is 13.0. The van der Waals surface area contributed by atoms with Crippen molar-refractivity contribution in [2.75, 3.05) is 6.61 Å². The fraction of sp³-hybridized carbons (Fsp3) is 0.962. The third-order valence-electron chi connectivity index (χ3n) is 5.79. The molecule has 2 nitrogen and oxygen atoms in total. The van der Waals surface area contributed by atoms with Crippen molar-refractivity contribution in [2.45, 2.75) is 155 Å². The summed E-state index contributed by atoms with van der Waals surface area (Å²) in [5, 5.41) is 0. The molecule has 0 aromatic heterocycles. The maximum absolute atomic E-state index is 11.2. The second-order valence-electron chi connectivity index (χ2n) is 8.63. The van der Waals surface area contributed by atoms with Gasteiger partial charge in [-0.2, -0.15) is 0 Å². The predicted molar refractivity (Wildman–Crippen MR) is 124 cm³/mol. The summed E-state index contributed by atoms with van der Waals surface area (Å²) in [4.78, 5) is 11.2. The van der Waals surface area contributed by atoms with Gasteiger partial charge in [-0.25, -0.2) is 0 Å². The summed E-state index contributed by atoms with van der Waals surface area (Å²) in [6.07, 6.45) is 29.9. The average Bonchev–Trinajstić information content (AvgIpc) is 2.69. The van der Waals surface area contributed by atoms with Gasteiger partial charge in [0.2, 0.25) is 0 Å². The lowest BCUT2D eigenvalue weighted by Crippen LogP contribution is -2.03. The summed E-state index contributed by atoms with van der Waals surface area (Å²) in [6.45, 7) is 4.68. The number of unbranched alkanes of at least 4 members (excludes halogenated alkanes) is 20. The van der Waals surface area contributed by atoms with Crippen LogP contribution in [0.5, 0.6) is 0 Å². The third kappa shape index (κ3) is 23.5. The molecule has 2 heteroatoms. The van der Waals surface area contributed by atoms with Crippen LogP contribution in [0.15, 0.2) is 0 Å². The number of esters is 1. The molecule has 0 radical (unpaired) electrons. The van der Waals surface area contributed by atoms with E-state index < -0.39 is 0 Å². The van der Waals surface area contributed by atoms with Crippen LogP contribution in [-0.4, -0.2) is 12.6 Å². The molecule has 0 saturated carbocycles. The Bertz CT molecular complexity index is 301. The highest BCUT2D eigenvalue weighted by Crippen LogP contribution is 2.15. The van der Waals surface area contributed by atoms with Gasteiger partial charge < -0.3 is 4.74 Å². The summed E-state index contributed by atoms with van der Waals surface area (Å²) < 4.78 is 4.95. The molecule has 0 aromatic rings. The third-order valence-corrected chi connectivity index (χ3v) is 5.79. The Morgan fingerprint density at radius 2 is 0.750 bits per heavy atom. The van der Waals surface area contributed by atoms with Crippen molar-refractivity contribution in [1.82, 2.24) is 0 Å². The van der Waals surface area contributed by atoms with E-state index in [1.807, 2.05) is 6.92 Å². The van der Waals surface area contributed by atoms with Crippen molar-refractivity contribution in [3.63, 3.8) is 0 Å². The van der Waals surface area contributed by atoms with E-state index in [4.69, 9.17) is 4.74 Å². The monoisotopic (exact) mass is 396 g/mol. The Morgan fingerprint density at radius 3 is 1.04 bits per heavy atom. The molecule has 0 aliphatic carbocycles. The topological polar surface area (TPSA) is 26.3 Å². The second kappa shape index (κ2) is 24.5. The van der Waals surface area contributed by atoms with Crippen LogP contribution in [0.3, 0.4) is 0 Å². The van der Waals surface area contributed by atoms with Gasteiger partial charge in [-0.1, -0.05) is 135 Å². The summed E-state index contributed by atoms with van der Waals surface area (Å²) in [6, 6.07) is 0. The highest BCUT2D eigenvalue weighted by Gasteiger charge is 2.00. The Balaban J connectivity index is 3.02. The van der Waals surface area contributed by atoms with Crippen molar-refractivity contribution >= 4 is 5.97 Å². The van der Waals surface area contributed by atoms with E-state index in [2.05, 4.69) is 6.92 Å². The molecule has 0 aliphatic heterocycles. The molecule has 0 fully saturated rings. The fourth-order valence-corrected chi connectivity index (χ4v) is 3.93. The molecular weight excluding hydrogens is 344 g/mol. The van der Waals surface area contributed by atoms with Gasteiger partial charge >= 0.3 is 5.97 Å². The minimum Gasteiger partial charge on any atom is -0.466 e. The summed E-state index contributed by atoms with van der Waals surface area (Å²) in [7, 11) is 0. The standard InChI is InChI=1S/C26H52O2/c1-3-5-6-7-8-9-10-11-12-13-14-15-16-17-18-19-20-21-22-23-24-25-26(27)28-4-2/h3-25H2,1-2H3. The largest absolute Gasteiger partial charge is 0.466 e. The quantitative estimate of drug-likeness (QED) is 0.127. The molecule has 0 atom stereocenters. The molecule has 28 heavy (non-hydrogen) atoms. The van der Waals surface area contributed by atoms with Gasteiger partial charge in [0.25, 0.3) is 0 Å². The van der Waals surface area contributed by atoms with Gasteiger partial charge in [0.15, 0.2) is 0 Å². The first-order valence-electron chi connectivity index (χ1n) is 13.0. The average molecular weight is 397 g/mol. The summed E-state index contributed by atoms with van der Waals surface area (Å²) in [5.74, 6) is -0.0275. The molecular formula is C26H52O2. The van der Waals surface area contributed by atoms with E-state index in [1.165, 1.54) is 128 Å². The maximum Gasteiger partial charge on any atom is 0.305 e. The number of rotatable bonds is 23.